The van der Waals surface area contributed by atoms with E-state index < -0.39 is 6.04 Å². The molecule has 1 atom stereocenters. The van der Waals surface area contributed by atoms with Crippen molar-refractivity contribution in [3.8, 4) is 5.75 Å². The maximum Gasteiger partial charge on any atom is 0.255 e. The Morgan fingerprint density at radius 2 is 2.00 bits per heavy atom. The van der Waals surface area contributed by atoms with E-state index in [1.54, 1.807) is 4.90 Å². The van der Waals surface area contributed by atoms with Gasteiger partial charge in [-0.1, -0.05) is 18.2 Å². The van der Waals surface area contributed by atoms with Crippen molar-refractivity contribution in [2.75, 3.05) is 19.7 Å². The Bertz CT molecular complexity index is 1420. The molecule has 1 spiro atoms. The topological polar surface area (TPSA) is 108 Å². The van der Waals surface area contributed by atoms with Crippen molar-refractivity contribution in [1.29, 1.82) is 0 Å². The second-order valence-corrected chi connectivity index (χ2v) is 10.5. The highest BCUT2D eigenvalue weighted by atomic mass is 16.5. The van der Waals surface area contributed by atoms with Crippen LogP contribution in [0, 0.1) is 0 Å². The zero-order valence-corrected chi connectivity index (χ0v) is 19.9. The fraction of sp³-hybridized carbons (Fsp3) is 0.407. The minimum Gasteiger partial charge on any atom is -0.492 e. The number of H-pyrrole nitrogens is 1. The minimum atomic E-state index is -0.602. The van der Waals surface area contributed by atoms with Gasteiger partial charge in [0.25, 0.3) is 5.91 Å². The Morgan fingerprint density at radius 1 is 1.14 bits per heavy atom. The van der Waals surface area contributed by atoms with Crippen molar-refractivity contribution in [2.45, 2.75) is 50.2 Å². The van der Waals surface area contributed by atoms with E-state index >= 15 is 0 Å². The van der Waals surface area contributed by atoms with Gasteiger partial charge in [-0.2, -0.15) is 5.10 Å². The number of fused-ring (bicyclic) bond motifs is 4. The lowest BCUT2D eigenvalue weighted by Gasteiger charge is -2.38. The first-order valence-electron chi connectivity index (χ1n) is 12.6. The molecule has 7 rings (SSSR count). The number of ether oxygens (including phenoxy) is 1. The van der Waals surface area contributed by atoms with Crippen LogP contribution in [0.3, 0.4) is 0 Å². The Balaban J connectivity index is 1.09. The van der Waals surface area contributed by atoms with Crippen LogP contribution in [0.4, 0.5) is 0 Å². The van der Waals surface area contributed by atoms with E-state index in [0.717, 1.165) is 54.7 Å². The molecule has 4 aliphatic rings. The Hall–Kier alpha value is -3.72. The fourth-order valence-corrected chi connectivity index (χ4v) is 6.38. The van der Waals surface area contributed by atoms with Crippen molar-refractivity contribution in [3.63, 3.8) is 0 Å². The van der Waals surface area contributed by atoms with E-state index in [-0.39, 0.29) is 29.6 Å². The Morgan fingerprint density at radius 3 is 2.83 bits per heavy atom. The number of benzene rings is 2. The maximum absolute atomic E-state index is 13.2. The van der Waals surface area contributed by atoms with Gasteiger partial charge in [0, 0.05) is 41.4 Å². The lowest BCUT2D eigenvalue weighted by molar-refractivity contribution is -0.136. The summed E-state index contributed by atoms with van der Waals surface area (Å²) < 4.78 is 6.16. The van der Waals surface area contributed by atoms with Crippen LogP contribution in [0.2, 0.25) is 0 Å². The number of nitrogens with zero attached hydrogens (tertiary/aromatic N) is 3. The summed E-state index contributed by atoms with van der Waals surface area (Å²) in [5.74, 6) is -0.0225. The highest BCUT2D eigenvalue weighted by Crippen LogP contribution is 2.48. The highest BCUT2D eigenvalue weighted by molar-refractivity contribution is 6.05. The standard InChI is InChI=1S/C27H27N5O4/c33-23-5-4-21(25(34)29-23)32-14-18-10-20-22(11-19(18)26(32)35)36-15-27(20)6-8-31(9-7-27)13-17-3-1-2-16-12-28-30-24(16)17/h1-3,10-12,21H,4-9,13-15H2,(H,28,30)(H,29,33,34). The summed E-state index contributed by atoms with van der Waals surface area (Å²) in [5.41, 5.74) is 5.06. The molecule has 9 nitrogen and oxygen atoms in total. The lowest BCUT2D eigenvalue weighted by atomic mass is 9.74. The highest BCUT2D eigenvalue weighted by Gasteiger charge is 2.46. The quantitative estimate of drug-likeness (QED) is 0.551. The summed E-state index contributed by atoms with van der Waals surface area (Å²) in [7, 11) is 0. The van der Waals surface area contributed by atoms with E-state index in [2.05, 4.69) is 44.7 Å². The summed E-state index contributed by atoms with van der Waals surface area (Å²) in [6.45, 7) is 3.84. The number of carbonyl (C=O) groups excluding carboxylic acids is 3. The van der Waals surface area contributed by atoms with Crippen LogP contribution in [-0.4, -0.2) is 63.5 Å². The number of aromatic nitrogens is 2. The van der Waals surface area contributed by atoms with Crippen LogP contribution in [0.1, 0.15) is 52.7 Å². The van der Waals surface area contributed by atoms with Crippen molar-refractivity contribution in [3.05, 3.63) is 58.8 Å². The first kappa shape index (κ1) is 21.6. The fourth-order valence-electron chi connectivity index (χ4n) is 6.38. The zero-order chi connectivity index (χ0) is 24.4. The number of imide groups is 1. The Labute approximate surface area is 207 Å². The summed E-state index contributed by atoms with van der Waals surface area (Å²) in [6, 6.07) is 9.73. The van der Waals surface area contributed by atoms with Crippen LogP contribution in [0.15, 0.2) is 36.5 Å². The number of amides is 3. The van der Waals surface area contributed by atoms with Crippen LogP contribution in [0.5, 0.6) is 5.75 Å². The van der Waals surface area contributed by atoms with E-state index in [1.165, 1.54) is 11.1 Å². The average molecular weight is 486 g/mol. The normalized spacial score (nSPS) is 23.2. The molecule has 2 fully saturated rings. The van der Waals surface area contributed by atoms with Crippen molar-refractivity contribution in [1.82, 2.24) is 25.3 Å². The first-order valence-corrected chi connectivity index (χ1v) is 12.6. The van der Waals surface area contributed by atoms with Crippen molar-refractivity contribution < 1.29 is 19.1 Å². The van der Waals surface area contributed by atoms with Gasteiger partial charge in [-0.25, -0.2) is 0 Å². The molecule has 0 aliphatic carbocycles. The molecule has 3 amide bonds. The van der Waals surface area contributed by atoms with Gasteiger partial charge in [-0.3, -0.25) is 29.7 Å². The Kier molecular flexibility index (Phi) is 4.73. The SMILES string of the molecule is O=C1CCC(N2Cc3cc4c(cc3C2=O)OCC42CCN(Cc3cccc4cn[nH]c34)CC2)C(=O)N1. The zero-order valence-electron chi connectivity index (χ0n) is 19.9. The van der Waals surface area contributed by atoms with Gasteiger partial charge in [0.15, 0.2) is 0 Å². The molecule has 0 bridgehead atoms. The van der Waals surface area contributed by atoms with Crippen LogP contribution in [-0.2, 0) is 28.1 Å². The number of likely N-dealkylation sites (tertiary alicyclic amines) is 1. The molecule has 2 saturated heterocycles. The summed E-state index contributed by atoms with van der Waals surface area (Å²) in [4.78, 5) is 41.2. The molecule has 4 aliphatic heterocycles. The summed E-state index contributed by atoms with van der Waals surface area (Å²) >= 11 is 0. The summed E-state index contributed by atoms with van der Waals surface area (Å²) in [5, 5.41) is 10.8. The molecule has 0 radical (unpaired) electrons. The minimum absolute atomic E-state index is 0.0496. The molecule has 0 saturated carbocycles. The third-order valence-corrected chi connectivity index (χ3v) is 8.47. The molecule has 2 aromatic carbocycles. The van der Waals surface area contributed by atoms with Crippen molar-refractivity contribution in [2.24, 2.45) is 0 Å². The number of carbonyl (C=O) groups is 3. The monoisotopic (exact) mass is 485 g/mol. The van der Waals surface area contributed by atoms with Gasteiger partial charge in [-0.15, -0.1) is 0 Å². The molecule has 36 heavy (non-hydrogen) atoms. The number of rotatable bonds is 3. The van der Waals surface area contributed by atoms with E-state index in [1.807, 2.05) is 12.3 Å². The molecule has 9 heteroatoms. The second-order valence-electron chi connectivity index (χ2n) is 10.5. The number of hydrogen-bond donors (Lipinski definition) is 2. The molecule has 1 unspecified atom stereocenters. The maximum atomic E-state index is 13.2. The van der Waals surface area contributed by atoms with Gasteiger partial charge in [0.1, 0.15) is 11.8 Å². The molecule has 1 aromatic heterocycles. The third kappa shape index (κ3) is 3.26. The summed E-state index contributed by atoms with van der Waals surface area (Å²) in [6.07, 6.45) is 4.46. The average Bonchev–Trinajstić information content (AvgIpc) is 3.57. The predicted molar refractivity (Wildman–Crippen MR) is 130 cm³/mol. The molecule has 5 heterocycles. The lowest BCUT2D eigenvalue weighted by Crippen LogP contribution is -2.52. The van der Waals surface area contributed by atoms with Crippen molar-refractivity contribution >= 4 is 28.6 Å². The molecule has 3 aromatic rings. The van der Waals surface area contributed by atoms with Crippen LogP contribution in [0.25, 0.3) is 10.9 Å². The number of aromatic amines is 1. The molecular weight excluding hydrogens is 458 g/mol. The third-order valence-electron chi connectivity index (χ3n) is 8.47. The van der Waals surface area contributed by atoms with E-state index in [9.17, 15) is 14.4 Å². The largest absolute Gasteiger partial charge is 0.492 e. The molecule has 184 valence electrons. The second kappa shape index (κ2) is 7.89. The van der Waals surface area contributed by atoms with Crippen LogP contribution < -0.4 is 10.1 Å². The predicted octanol–water partition coefficient (Wildman–Crippen LogP) is 2.25. The number of hydrogen-bond acceptors (Lipinski definition) is 6. The van der Waals surface area contributed by atoms with Gasteiger partial charge in [0.2, 0.25) is 11.8 Å². The first-order chi connectivity index (χ1) is 17.5. The number of piperidine rings is 2. The van der Waals surface area contributed by atoms with Gasteiger partial charge in [-0.05, 0) is 55.6 Å². The van der Waals surface area contributed by atoms with Gasteiger partial charge < -0.3 is 9.64 Å². The number of nitrogens with one attached hydrogen (secondary N) is 2. The van der Waals surface area contributed by atoms with Gasteiger partial charge >= 0.3 is 0 Å². The smallest absolute Gasteiger partial charge is 0.255 e. The number of para-hydroxylation sites is 1. The van der Waals surface area contributed by atoms with Crippen LogP contribution >= 0.6 is 0 Å². The van der Waals surface area contributed by atoms with E-state index in [0.29, 0.717) is 25.1 Å². The van der Waals surface area contributed by atoms with Gasteiger partial charge in [0.05, 0.1) is 18.3 Å². The van der Waals surface area contributed by atoms with E-state index in [4.69, 9.17) is 4.74 Å². The molecule has 2 N–H and O–H groups in total. The molecular formula is C27H27N5O4.